The molecule has 0 aliphatic carbocycles. The summed E-state index contributed by atoms with van der Waals surface area (Å²) in [7, 11) is 3.64. The Balaban J connectivity index is 2.33. The summed E-state index contributed by atoms with van der Waals surface area (Å²) in [5, 5.41) is 3.13. The van der Waals surface area contributed by atoms with E-state index in [1.165, 1.54) is 6.07 Å². The van der Waals surface area contributed by atoms with Gasteiger partial charge in [0.05, 0.1) is 6.54 Å². The minimum absolute atomic E-state index is 0.0394. The molecule has 0 aromatic heterocycles. The first-order chi connectivity index (χ1) is 10.6. The first kappa shape index (κ1) is 17.9. The van der Waals surface area contributed by atoms with E-state index in [-0.39, 0.29) is 12.4 Å². The third-order valence-corrected chi connectivity index (χ3v) is 3.01. The Morgan fingerprint density at radius 1 is 1.45 bits per heavy atom. The third kappa shape index (κ3) is 6.11. The van der Waals surface area contributed by atoms with E-state index >= 15 is 0 Å². The van der Waals surface area contributed by atoms with Gasteiger partial charge in [0.25, 0.3) is 0 Å². The van der Waals surface area contributed by atoms with Crippen LogP contribution in [0.15, 0.2) is 35.8 Å². The lowest BCUT2D eigenvalue weighted by Crippen LogP contribution is -2.41. The monoisotopic (exact) mass is 311 g/mol. The molecule has 0 radical (unpaired) electrons. The molecular weight excluding hydrogens is 288 g/mol. The highest BCUT2D eigenvalue weighted by molar-refractivity contribution is 5.79. The number of nitrogens with zero attached hydrogens (tertiary/aromatic N) is 2. The lowest BCUT2D eigenvalue weighted by atomic mass is 10.3. The van der Waals surface area contributed by atoms with Gasteiger partial charge in [-0.3, -0.25) is 4.99 Å². The molecule has 0 fully saturated rings. The summed E-state index contributed by atoms with van der Waals surface area (Å²) in [6.45, 7) is 5.27. The van der Waals surface area contributed by atoms with Gasteiger partial charge in [0, 0.05) is 26.7 Å². The molecule has 1 N–H and O–H groups in total. The average Bonchev–Trinajstić information content (AvgIpc) is 2.49. The van der Waals surface area contributed by atoms with Crippen LogP contribution < -0.4 is 10.1 Å². The Morgan fingerprint density at radius 2 is 2.23 bits per heavy atom. The molecule has 1 aromatic carbocycles. The summed E-state index contributed by atoms with van der Waals surface area (Å²) < 4.78 is 31.4. The molecule has 22 heavy (non-hydrogen) atoms. The van der Waals surface area contributed by atoms with Crippen LogP contribution >= 0.6 is 0 Å². The van der Waals surface area contributed by atoms with E-state index in [9.17, 15) is 8.78 Å². The van der Waals surface area contributed by atoms with Crippen LogP contribution in [0.3, 0.4) is 0 Å². The van der Waals surface area contributed by atoms with Gasteiger partial charge in [-0.15, -0.1) is 6.58 Å². The highest BCUT2D eigenvalue weighted by Gasteiger charge is 2.06. The standard InChI is InChI=1S/C16H23F2N3O/c1-4-5-6-10-21(3)16(19-2)20-9-11-22-15-8-7-13(17)12-14(15)18/h4,7-8,12H,1,5-6,9-11H2,2-3H3,(H,19,20). The van der Waals surface area contributed by atoms with Crippen molar-refractivity contribution in [1.82, 2.24) is 10.2 Å². The van der Waals surface area contributed by atoms with Gasteiger partial charge in [-0.1, -0.05) is 6.08 Å². The number of rotatable bonds is 8. The van der Waals surface area contributed by atoms with Gasteiger partial charge in [0.2, 0.25) is 0 Å². The maximum Gasteiger partial charge on any atom is 0.193 e. The number of allylic oxidation sites excluding steroid dienone is 1. The van der Waals surface area contributed by atoms with Gasteiger partial charge < -0.3 is 15.0 Å². The van der Waals surface area contributed by atoms with E-state index in [0.717, 1.165) is 37.5 Å². The number of hydrogen-bond donors (Lipinski definition) is 1. The minimum atomic E-state index is -0.703. The fourth-order valence-corrected chi connectivity index (χ4v) is 1.88. The smallest absolute Gasteiger partial charge is 0.193 e. The van der Waals surface area contributed by atoms with E-state index in [1.807, 2.05) is 18.0 Å². The van der Waals surface area contributed by atoms with Crippen LogP contribution in [0.5, 0.6) is 5.75 Å². The SMILES string of the molecule is C=CCCCN(C)C(=NC)NCCOc1ccc(F)cc1F. The number of benzene rings is 1. The molecule has 1 aromatic rings. The second-order valence-corrected chi connectivity index (χ2v) is 4.75. The van der Waals surface area contributed by atoms with Gasteiger partial charge in [0.15, 0.2) is 17.5 Å². The summed E-state index contributed by atoms with van der Waals surface area (Å²) >= 11 is 0. The highest BCUT2D eigenvalue weighted by atomic mass is 19.1. The lowest BCUT2D eigenvalue weighted by molar-refractivity contribution is 0.302. The molecule has 4 nitrogen and oxygen atoms in total. The molecule has 0 aliphatic rings. The molecule has 6 heteroatoms. The van der Waals surface area contributed by atoms with Crippen LogP contribution in [0.4, 0.5) is 8.78 Å². The van der Waals surface area contributed by atoms with Crippen molar-refractivity contribution < 1.29 is 13.5 Å². The number of ether oxygens (including phenoxy) is 1. The van der Waals surface area contributed by atoms with Crippen molar-refractivity contribution in [2.45, 2.75) is 12.8 Å². The van der Waals surface area contributed by atoms with Crippen LogP contribution in [0.2, 0.25) is 0 Å². The van der Waals surface area contributed by atoms with Gasteiger partial charge >= 0.3 is 0 Å². The van der Waals surface area contributed by atoms with E-state index in [0.29, 0.717) is 6.54 Å². The molecule has 0 atom stereocenters. The number of aliphatic imine (C=N–C) groups is 1. The van der Waals surface area contributed by atoms with Crippen LogP contribution in [0.1, 0.15) is 12.8 Å². The Hall–Kier alpha value is -2.11. The van der Waals surface area contributed by atoms with Crippen LogP contribution in [0, 0.1) is 11.6 Å². The van der Waals surface area contributed by atoms with E-state index in [4.69, 9.17) is 4.74 Å². The van der Waals surface area contributed by atoms with Gasteiger partial charge in [-0.25, -0.2) is 8.78 Å². The maximum atomic E-state index is 13.4. The molecule has 0 saturated heterocycles. The Bertz CT molecular complexity index is 506. The Labute approximate surface area is 130 Å². The van der Waals surface area contributed by atoms with E-state index < -0.39 is 11.6 Å². The summed E-state index contributed by atoms with van der Waals surface area (Å²) in [5.41, 5.74) is 0. The summed E-state index contributed by atoms with van der Waals surface area (Å²) in [6.07, 6.45) is 3.83. The van der Waals surface area contributed by atoms with Gasteiger partial charge in [0.1, 0.15) is 12.4 Å². The zero-order chi connectivity index (χ0) is 16.4. The molecule has 122 valence electrons. The average molecular weight is 311 g/mol. The Kier molecular flexibility index (Phi) is 7.96. The number of hydrogen-bond acceptors (Lipinski definition) is 2. The number of nitrogens with one attached hydrogen (secondary N) is 1. The molecule has 0 spiro atoms. The zero-order valence-electron chi connectivity index (χ0n) is 13.1. The van der Waals surface area contributed by atoms with Crippen LogP contribution in [0.25, 0.3) is 0 Å². The van der Waals surface area contributed by atoms with Crippen molar-refractivity contribution in [2.75, 3.05) is 33.8 Å². The predicted molar refractivity (Wildman–Crippen MR) is 85.3 cm³/mol. The van der Waals surface area contributed by atoms with Crippen molar-refractivity contribution in [3.63, 3.8) is 0 Å². The fraction of sp³-hybridized carbons (Fsp3) is 0.438. The second kappa shape index (κ2) is 9.76. The third-order valence-electron chi connectivity index (χ3n) is 3.01. The summed E-state index contributed by atoms with van der Waals surface area (Å²) in [5.74, 6) is -0.541. The van der Waals surface area contributed by atoms with Crippen molar-refractivity contribution in [3.05, 3.63) is 42.5 Å². The topological polar surface area (TPSA) is 36.9 Å². The van der Waals surface area contributed by atoms with Gasteiger partial charge in [-0.05, 0) is 25.0 Å². The molecule has 0 unspecified atom stereocenters. The molecule has 0 amide bonds. The Morgan fingerprint density at radius 3 is 2.86 bits per heavy atom. The van der Waals surface area contributed by atoms with Crippen molar-refractivity contribution in [2.24, 2.45) is 4.99 Å². The fourth-order valence-electron chi connectivity index (χ4n) is 1.88. The molecule has 0 aliphatic heterocycles. The molecule has 1 rings (SSSR count). The number of guanidine groups is 1. The normalized spacial score (nSPS) is 11.2. The molecule has 0 bridgehead atoms. The minimum Gasteiger partial charge on any atom is -0.489 e. The number of halogens is 2. The van der Waals surface area contributed by atoms with E-state index in [2.05, 4.69) is 16.9 Å². The highest BCUT2D eigenvalue weighted by Crippen LogP contribution is 2.17. The molecule has 0 heterocycles. The van der Waals surface area contributed by atoms with Crippen molar-refractivity contribution in [3.8, 4) is 5.75 Å². The van der Waals surface area contributed by atoms with Crippen molar-refractivity contribution >= 4 is 5.96 Å². The van der Waals surface area contributed by atoms with Crippen LogP contribution in [-0.2, 0) is 0 Å². The maximum absolute atomic E-state index is 13.4. The lowest BCUT2D eigenvalue weighted by Gasteiger charge is -2.21. The summed E-state index contributed by atoms with van der Waals surface area (Å²) in [6, 6.07) is 3.24. The second-order valence-electron chi connectivity index (χ2n) is 4.75. The summed E-state index contributed by atoms with van der Waals surface area (Å²) in [4.78, 5) is 6.17. The zero-order valence-corrected chi connectivity index (χ0v) is 13.1. The number of unbranched alkanes of at least 4 members (excludes halogenated alkanes) is 1. The van der Waals surface area contributed by atoms with Gasteiger partial charge in [-0.2, -0.15) is 0 Å². The predicted octanol–water partition coefficient (Wildman–Crippen LogP) is 2.82. The quantitative estimate of drug-likeness (QED) is 0.347. The van der Waals surface area contributed by atoms with E-state index in [1.54, 1.807) is 7.05 Å². The van der Waals surface area contributed by atoms with Crippen LogP contribution in [-0.4, -0.2) is 44.7 Å². The first-order valence-electron chi connectivity index (χ1n) is 7.19. The van der Waals surface area contributed by atoms with Crippen molar-refractivity contribution in [1.29, 1.82) is 0 Å². The molecule has 0 saturated carbocycles. The molecular formula is C16H23F2N3O. The first-order valence-corrected chi connectivity index (χ1v) is 7.19. The largest absolute Gasteiger partial charge is 0.489 e.